The van der Waals surface area contributed by atoms with Crippen LogP contribution >= 0.6 is 0 Å². The Bertz CT molecular complexity index is 542. The fourth-order valence-electron chi connectivity index (χ4n) is 1.21. The topological polar surface area (TPSA) is 90.1 Å². The molecule has 2 rings (SSSR count). The zero-order chi connectivity index (χ0) is 13.0. The molecule has 1 aromatic heterocycles. The molecule has 0 radical (unpaired) electrons. The molecule has 0 aliphatic carbocycles. The van der Waals surface area contributed by atoms with E-state index in [9.17, 15) is 4.21 Å². The van der Waals surface area contributed by atoms with Gasteiger partial charge in [0.2, 0.25) is 5.95 Å². The molecule has 0 aliphatic heterocycles. The molecule has 1 aromatic carbocycles. The molecule has 0 bridgehead atoms. The van der Waals surface area contributed by atoms with Crippen LogP contribution in [0.4, 0.5) is 11.6 Å². The number of benzene rings is 1. The van der Waals surface area contributed by atoms with E-state index in [1.165, 1.54) is 19.5 Å². The minimum Gasteiger partial charge on any atom is -0.494 e. The Hall–Kier alpha value is -2.15. The summed E-state index contributed by atoms with van der Waals surface area (Å²) in [5, 5.41) is 0. The largest absolute Gasteiger partial charge is 0.494 e. The summed E-state index contributed by atoms with van der Waals surface area (Å²) in [7, 11) is 0.104. The van der Waals surface area contributed by atoms with E-state index in [4.69, 9.17) is 10.5 Å². The molecule has 0 fully saturated rings. The van der Waals surface area contributed by atoms with Gasteiger partial charge in [0.15, 0.2) is 16.7 Å². The van der Waals surface area contributed by atoms with E-state index in [1.807, 2.05) is 0 Å². The van der Waals surface area contributed by atoms with Crippen molar-refractivity contribution in [2.75, 3.05) is 17.6 Å². The van der Waals surface area contributed by atoms with Gasteiger partial charge < -0.3 is 10.5 Å². The number of hydrogen-bond acceptors (Lipinski definition) is 5. The molecule has 0 spiro atoms. The van der Waals surface area contributed by atoms with Crippen molar-refractivity contribution in [3.05, 3.63) is 36.7 Å². The van der Waals surface area contributed by atoms with Crippen LogP contribution in [0.15, 0.2) is 41.6 Å². The summed E-state index contributed by atoms with van der Waals surface area (Å²) in [6.45, 7) is 0. The summed E-state index contributed by atoms with van der Waals surface area (Å²) >= 11 is 0. The first kappa shape index (κ1) is 12.3. The van der Waals surface area contributed by atoms with E-state index in [0.29, 0.717) is 16.3 Å². The molecule has 94 valence electrons. The van der Waals surface area contributed by atoms with Crippen molar-refractivity contribution < 1.29 is 8.95 Å². The first-order chi connectivity index (χ1) is 8.69. The second-order valence-electron chi connectivity index (χ2n) is 3.39. The van der Waals surface area contributed by atoms with Gasteiger partial charge in [0, 0.05) is 5.69 Å². The van der Waals surface area contributed by atoms with Crippen molar-refractivity contribution in [2.45, 2.75) is 4.90 Å². The maximum atomic E-state index is 11.9. The summed E-state index contributed by atoms with van der Waals surface area (Å²) in [5.74, 6) is 0.810. The summed E-state index contributed by atoms with van der Waals surface area (Å²) in [6.07, 6.45) is 2.99. The van der Waals surface area contributed by atoms with Crippen molar-refractivity contribution >= 4 is 22.6 Å². The summed E-state index contributed by atoms with van der Waals surface area (Å²) < 4.78 is 19.5. The number of anilines is 2. The van der Waals surface area contributed by atoms with E-state index in [1.54, 1.807) is 24.3 Å². The second-order valence-corrected chi connectivity index (χ2v) is 4.60. The van der Waals surface area contributed by atoms with Crippen LogP contribution in [-0.2, 0) is 11.0 Å². The molecule has 6 nitrogen and oxygen atoms in total. The van der Waals surface area contributed by atoms with Gasteiger partial charge in [0.05, 0.1) is 24.4 Å². The van der Waals surface area contributed by atoms with Gasteiger partial charge in [0.25, 0.3) is 0 Å². The Morgan fingerprint density at radius 3 is 2.39 bits per heavy atom. The SMILES string of the molecule is COc1cnc(NS(=O)c2ccc(N)cc2)nc1. The van der Waals surface area contributed by atoms with Gasteiger partial charge in [-0.05, 0) is 24.3 Å². The van der Waals surface area contributed by atoms with E-state index in [-0.39, 0.29) is 5.95 Å². The van der Waals surface area contributed by atoms with Crippen LogP contribution in [-0.4, -0.2) is 21.3 Å². The van der Waals surface area contributed by atoms with Crippen molar-refractivity contribution in [1.82, 2.24) is 9.97 Å². The number of rotatable bonds is 4. The highest BCUT2D eigenvalue weighted by Crippen LogP contribution is 2.12. The van der Waals surface area contributed by atoms with Crippen LogP contribution in [0.2, 0.25) is 0 Å². The molecule has 1 atom stereocenters. The average Bonchev–Trinajstić information content (AvgIpc) is 2.40. The Morgan fingerprint density at radius 1 is 1.22 bits per heavy atom. The standard InChI is InChI=1S/C11H12N4O2S/c1-17-9-6-13-11(14-7-9)15-18(16)10-4-2-8(12)3-5-10/h2-7H,12H2,1H3,(H,13,14,15). The monoisotopic (exact) mass is 264 g/mol. The predicted octanol–water partition coefficient (Wildman–Crippen LogP) is 1.20. The smallest absolute Gasteiger partial charge is 0.235 e. The molecule has 1 unspecified atom stereocenters. The minimum absolute atomic E-state index is 0.269. The van der Waals surface area contributed by atoms with Crippen LogP contribution in [0.5, 0.6) is 5.75 Å². The molecule has 0 saturated carbocycles. The van der Waals surface area contributed by atoms with E-state index >= 15 is 0 Å². The number of nitrogens with two attached hydrogens (primary N) is 1. The summed E-state index contributed by atoms with van der Waals surface area (Å²) in [5.41, 5.74) is 6.18. The molecule has 0 aliphatic rings. The quantitative estimate of drug-likeness (QED) is 0.810. The number of ether oxygens (including phenoxy) is 1. The van der Waals surface area contributed by atoms with Crippen molar-refractivity contribution in [1.29, 1.82) is 0 Å². The maximum absolute atomic E-state index is 11.9. The highest BCUT2D eigenvalue weighted by atomic mass is 32.2. The molecular formula is C11H12N4O2S. The summed E-state index contributed by atoms with van der Waals surface area (Å²) in [4.78, 5) is 8.54. The number of hydrogen-bond donors (Lipinski definition) is 2. The number of nitrogens with zero attached hydrogens (tertiary/aromatic N) is 2. The van der Waals surface area contributed by atoms with Gasteiger partial charge in [-0.25, -0.2) is 14.2 Å². The molecule has 18 heavy (non-hydrogen) atoms. The van der Waals surface area contributed by atoms with E-state index < -0.39 is 11.0 Å². The molecule has 1 heterocycles. The zero-order valence-electron chi connectivity index (χ0n) is 9.66. The lowest BCUT2D eigenvalue weighted by molar-refractivity contribution is 0.411. The first-order valence-electron chi connectivity index (χ1n) is 5.09. The first-order valence-corrected chi connectivity index (χ1v) is 6.24. The maximum Gasteiger partial charge on any atom is 0.235 e. The van der Waals surface area contributed by atoms with Crippen molar-refractivity contribution in [3.8, 4) is 5.75 Å². The van der Waals surface area contributed by atoms with Crippen molar-refractivity contribution in [2.24, 2.45) is 0 Å². The van der Waals surface area contributed by atoms with Gasteiger partial charge >= 0.3 is 0 Å². The minimum atomic E-state index is -1.42. The zero-order valence-corrected chi connectivity index (χ0v) is 10.5. The lowest BCUT2D eigenvalue weighted by Gasteiger charge is -2.05. The van der Waals surface area contributed by atoms with Crippen LogP contribution in [0.3, 0.4) is 0 Å². The third-order valence-electron chi connectivity index (χ3n) is 2.14. The third kappa shape index (κ3) is 2.95. The number of methoxy groups -OCH3 is 1. The Balaban J connectivity index is 2.08. The molecular weight excluding hydrogens is 252 g/mol. The fraction of sp³-hybridized carbons (Fsp3) is 0.0909. The normalized spacial score (nSPS) is 11.8. The number of aromatic nitrogens is 2. The predicted molar refractivity (Wildman–Crippen MR) is 69.5 cm³/mol. The molecule has 3 N–H and O–H groups in total. The lowest BCUT2D eigenvalue weighted by Crippen LogP contribution is -2.07. The molecule has 0 saturated heterocycles. The second kappa shape index (κ2) is 5.46. The summed E-state index contributed by atoms with van der Waals surface area (Å²) in [6, 6.07) is 6.73. The molecule has 0 amide bonds. The van der Waals surface area contributed by atoms with Gasteiger partial charge in [-0.3, -0.25) is 4.72 Å². The fourth-order valence-corrected chi connectivity index (χ4v) is 1.98. The molecule has 2 aromatic rings. The highest BCUT2D eigenvalue weighted by molar-refractivity contribution is 7.86. The van der Waals surface area contributed by atoms with E-state index in [2.05, 4.69) is 14.7 Å². The Labute approximate surface area is 107 Å². The van der Waals surface area contributed by atoms with Crippen molar-refractivity contribution in [3.63, 3.8) is 0 Å². The third-order valence-corrected chi connectivity index (χ3v) is 3.21. The number of nitrogen functional groups attached to an aromatic ring is 1. The molecule has 7 heteroatoms. The average molecular weight is 264 g/mol. The Morgan fingerprint density at radius 2 is 1.83 bits per heavy atom. The van der Waals surface area contributed by atoms with Crippen LogP contribution < -0.4 is 15.2 Å². The van der Waals surface area contributed by atoms with Crippen LogP contribution in [0.1, 0.15) is 0 Å². The number of nitrogens with one attached hydrogen (secondary N) is 1. The van der Waals surface area contributed by atoms with E-state index in [0.717, 1.165) is 0 Å². The van der Waals surface area contributed by atoms with Crippen LogP contribution in [0.25, 0.3) is 0 Å². The Kier molecular flexibility index (Phi) is 3.73. The van der Waals surface area contributed by atoms with Gasteiger partial charge in [-0.15, -0.1) is 0 Å². The van der Waals surface area contributed by atoms with Crippen LogP contribution in [0, 0.1) is 0 Å². The highest BCUT2D eigenvalue weighted by Gasteiger charge is 2.05. The lowest BCUT2D eigenvalue weighted by atomic mass is 10.3. The van der Waals surface area contributed by atoms with Gasteiger partial charge in [0.1, 0.15) is 0 Å². The van der Waals surface area contributed by atoms with Gasteiger partial charge in [-0.1, -0.05) is 0 Å². The van der Waals surface area contributed by atoms with Gasteiger partial charge in [-0.2, -0.15) is 0 Å².